The van der Waals surface area contributed by atoms with Crippen LogP contribution in [-0.4, -0.2) is 82.8 Å². The normalized spacial score (nSPS) is 12.7. The Hall–Kier alpha value is -1.60. The van der Waals surface area contributed by atoms with Gasteiger partial charge in [0.2, 0.25) is 11.9 Å². The number of anilines is 2. The first-order chi connectivity index (χ1) is 12.4. The van der Waals surface area contributed by atoms with Crippen molar-refractivity contribution in [2.24, 2.45) is 0 Å². The van der Waals surface area contributed by atoms with E-state index in [-0.39, 0.29) is 19.1 Å². The Balaban J connectivity index is 2.09. The first kappa shape index (κ1) is 22.4. The van der Waals surface area contributed by atoms with Gasteiger partial charge < -0.3 is 26.2 Å². The first-order valence-corrected chi connectivity index (χ1v) is 10.1. The van der Waals surface area contributed by atoms with Crippen LogP contribution in [0.25, 0.3) is 0 Å². The molecule has 0 aliphatic rings. The topological polar surface area (TPSA) is 170 Å². The van der Waals surface area contributed by atoms with E-state index in [4.69, 9.17) is 14.8 Å². The van der Waals surface area contributed by atoms with Crippen LogP contribution in [0.2, 0.25) is 0 Å². The zero-order valence-electron chi connectivity index (χ0n) is 14.6. The van der Waals surface area contributed by atoms with Crippen LogP contribution in [0, 0.1) is 0 Å². The van der Waals surface area contributed by atoms with Crippen LogP contribution in [-0.2, 0) is 10.1 Å². The maximum Gasteiger partial charge on any atom is 0.266 e. The van der Waals surface area contributed by atoms with Gasteiger partial charge in [0.25, 0.3) is 10.1 Å². The molecule has 1 atom stereocenters. The summed E-state index contributed by atoms with van der Waals surface area (Å²) < 4.78 is 29.9. The van der Waals surface area contributed by atoms with E-state index in [1.807, 2.05) is 0 Å². The van der Waals surface area contributed by atoms with Gasteiger partial charge in [0, 0.05) is 19.6 Å². The molecule has 0 spiro atoms. The summed E-state index contributed by atoms with van der Waals surface area (Å²) in [6.45, 7) is 1.68. The summed E-state index contributed by atoms with van der Waals surface area (Å²) in [6.07, 6.45) is 4.62. The van der Waals surface area contributed by atoms with Crippen molar-refractivity contribution in [1.29, 1.82) is 0 Å². The summed E-state index contributed by atoms with van der Waals surface area (Å²) in [5, 5.41) is 26.7. The molecule has 12 heteroatoms. The summed E-state index contributed by atoms with van der Waals surface area (Å²) >= 11 is 0. The molecule has 1 aromatic heterocycles. The van der Waals surface area contributed by atoms with E-state index in [1.165, 1.54) is 6.33 Å². The minimum Gasteiger partial charge on any atom is -0.394 e. The number of unbranched alkanes of at least 4 members (excludes halogenated alkanes) is 3. The molecule has 1 rings (SSSR count). The zero-order chi connectivity index (χ0) is 19.3. The van der Waals surface area contributed by atoms with Crippen molar-refractivity contribution < 1.29 is 23.2 Å². The number of aromatic nitrogens is 3. The summed E-state index contributed by atoms with van der Waals surface area (Å²) in [4.78, 5) is 12.0. The van der Waals surface area contributed by atoms with Crippen LogP contribution in [0.3, 0.4) is 0 Å². The molecular weight excluding hydrogens is 364 g/mol. The molecule has 0 aliphatic carbocycles. The van der Waals surface area contributed by atoms with Crippen molar-refractivity contribution in [3.05, 3.63) is 6.33 Å². The summed E-state index contributed by atoms with van der Waals surface area (Å²) in [6, 6.07) is 0. The third kappa shape index (κ3) is 11.9. The fourth-order valence-corrected chi connectivity index (χ4v) is 2.38. The fraction of sp³-hybridized carbons (Fsp3) is 0.786. The molecule has 1 aromatic rings. The lowest BCUT2D eigenvalue weighted by Gasteiger charge is -2.09. The lowest BCUT2D eigenvalue weighted by Crippen LogP contribution is -2.29. The van der Waals surface area contributed by atoms with Gasteiger partial charge in [-0.05, 0) is 19.4 Å². The Kier molecular flexibility index (Phi) is 11.0. The summed E-state index contributed by atoms with van der Waals surface area (Å²) in [7, 11) is -4.02. The Morgan fingerprint density at radius 1 is 1.00 bits per heavy atom. The van der Waals surface area contributed by atoms with Gasteiger partial charge >= 0.3 is 0 Å². The Labute approximate surface area is 153 Å². The minimum atomic E-state index is -4.02. The Bertz CT molecular complexity index is 603. The van der Waals surface area contributed by atoms with E-state index < -0.39 is 22.0 Å². The summed E-state index contributed by atoms with van der Waals surface area (Å²) in [5.74, 6) is 0.214. The number of hydrogen-bond acceptors (Lipinski definition) is 10. The largest absolute Gasteiger partial charge is 0.394 e. The van der Waals surface area contributed by atoms with Crippen molar-refractivity contribution in [2.75, 3.05) is 49.2 Å². The fourth-order valence-electron chi connectivity index (χ4n) is 2.02. The second-order valence-electron chi connectivity index (χ2n) is 5.73. The van der Waals surface area contributed by atoms with E-state index in [2.05, 4.69) is 30.9 Å². The SMILES string of the molecule is O=S(=O)(O)CCNc1ncnc(NCCCCCCNCC(O)CO)n1. The highest BCUT2D eigenvalue weighted by Gasteiger charge is 2.05. The molecule has 1 heterocycles. The Morgan fingerprint density at radius 3 is 2.23 bits per heavy atom. The molecule has 0 bridgehead atoms. The third-order valence-electron chi connectivity index (χ3n) is 3.37. The van der Waals surface area contributed by atoms with Crippen molar-refractivity contribution in [3.63, 3.8) is 0 Å². The number of nitrogens with one attached hydrogen (secondary N) is 3. The molecule has 0 amide bonds. The minimum absolute atomic E-state index is 0.00561. The van der Waals surface area contributed by atoms with Crippen molar-refractivity contribution >= 4 is 22.0 Å². The maximum atomic E-state index is 10.6. The van der Waals surface area contributed by atoms with Gasteiger partial charge in [-0.15, -0.1) is 0 Å². The van der Waals surface area contributed by atoms with Gasteiger partial charge in [-0.25, -0.2) is 9.97 Å². The second kappa shape index (κ2) is 12.7. The number of aliphatic hydroxyl groups excluding tert-OH is 2. The molecular formula is C14H28N6O5S. The highest BCUT2D eigenvalue weighted by molar-refractivity contribution is 7.85. The van der Waals surface area contributed by atoms with Gasteiger partial charge in [-0.3, -0.25) is 4.55 Å². The average molecular weight is 392 g/mol. The molecule has 0 aromatic carbocycles. The number of hydrogen-bond donors (Lipinski definition) is 6. The second-order valence-corrected chi connectivity index (χ2v) is 7.30. The van der Waals surface area contributed by atoms with Gasteiger partial charge in [-0.1, -0.05) is 12.8 Å². The molecule has 0 aliphatic heterocycles. The van der Waals surface area contributed by atoms with Gasteiger partial charge in [0.05, 0.1) is 18.5 Å². The third-order valence-corrected chi connectivity index (χ3v) is 4.09. The molecule has 0 fully saturated rings. The van der Waals surface area contributed by atoms with E-state index in [1.54, 1.807) is 0 Å². The summed E-state index contributed by atoms with van der Waals surface area (Å²) in [5.41, 5.74) is 0. The van der Waals surface area contributed by atoms with Crippen LogP contribution in [0.5, 0.6) is 0 Å². The van der Waals surface area contributed by atoms with E-state index >= 15 is 0 Å². The Morgan fingerprint density at radius 2 is 1.62 bits per heavy atom. The quantitative estimate of drug-likeness (QED) is 0.161. The van der Waals surface area contributed by atoms with E-state index in [0.717, 1.165) is 32.2 Å². The lowest BCUT2D eigenvalue weighted by molar-refractivity contribution is 0.0945. The number of aliphatic hydroxyl groups is 2. The van der Waals surface area contributed by atoms with Gasteiger partial charge in [0.15, 0.2) is 0 Å². The van der Waals surface area contributed by atoms with Crippen molar-refractivity contribution in [2.45, 2.75) is 31.8 Å². The molecule has 0 saturated carbocycles. The van der Waals surface area contributed by atoms with Crippen LogP contribution in [0.15, 0.2) is 6.33 Å². The van der Waals surface area contributed by atoms with E-state index in [0.29, 0.717) is 19.0 Å². The molecule has 0 saturated heterocycles. The predicted octanol–water partition coefficient (Wildman–Crippen LogP) is -0.914. The monoisotopic (exact) mass is 392 g/mol. The van der Waals surface area contributed by atoms with E-state index in [9.17, 15) is 8.42 Å². The van der Waals surface area contributed by atoms with Crippen molar-refractivity contribution in [1.82, 2.24) is 20.3 Å². The molecule has 150 valence electrons. The molecule has 0 radical (unpaired) electrons. The standard InChI is InChI=1S/C14H28N6O5S/c21-10-12(22)9-15-5-3-1-2-4-6-16-13-18-11-19-14(20-13)17-7-8-26(23,24)25/h11-12,15,21-22H,1-10H2,(H,23,24,25)(H2,16,17,18,19,20). The zero-order valence-corrected chi connectivity index (χ0v) is 15.5. The van der Waals surface area contributed by atoms with Crippen LogP contribution in [0.4, 0.5) is 11.9 Å². The van der Waals surface area contributed by atoms with Gasteiger partial charge in [0.1, 0.15) is 6.33 Å². The molecule has 26 heavy (non-hydrogen) atoms. The van der Waals surface area contributed by atoms with Crippen LogP contribution >= 0.6 is 0 Å². The highest BCUT2D eigenvalue weighted by atomic mass is 32.2. The smallest absolute Gasteiger partial charge is 0.266 e. The van der Waals surface area contributed by atoms with Crippen molar-refractivity contribution in [3.8, 4) is 0 Å². The first-order valence-electron chi connectivity index (χ1n) is 8.52. The molecule has 6 N–H and O–H groups in total. The maximum absolute atomic E-state index is 10.6. The predicted molar refractivity (Wildman–Crippen MR) is 97.7 cm³/mol. The average Bonchev–Trinajstić information content (AvgIpc) is 2.59. The highest BCUT2D eigenvalue weighted by Crippen LogP contribution is 2.04. The van der Waals surface area contributed by atoms with Gasteiger partial charge in [-0.2, -0.15) is 13.4 Å². The molecule has 11 nitrogen and oxygen atoms in total. The number of nitrogens with zero attached hydrogens (tertiary/aromatic N) is 3. The molecule has 1 unspecified atom stereocenters. The lowest BCUT2D eigenvalue weighted by atomic mass is 10.2. The van der Waals surface area contributed by atoms with Crippen LogP contribution in [0.1, 0.15) is 25.7 Å². The van der Waals surface area contributed by atoms with Crippen LogP contribution < -0.4 is 16.0 Å². The number of rotatable bonds is 15.